The van der Waals surface area contributed by atoms with Gasteiger partial charge in [0.1, 0.15) is 5.60 Å². The van der Waals surface area contributed by atoms with E-state index in [9.17, 15) is 9.59 Å². The number of carbonyl (C=O) groups excluding carboxylic acids is 2. The summed E-state index contributed by atoms with van der Waals surface area (Å²) in [7, 11) is 0. The van der Waals surface area contributed by atoms with E-state index < -0.39 is 11.6 Å². The van der Waals surface area contributed by atoms with E-state index in [2.05, 4.69) is 6.58 Å². The molecule has 0 radical (unpaired) electrons. The zero-order valence-corrected chi connectivity index (χ0v) is 14.3. The third kappa shape index (κ3) is 4.69. The molecule has 0 saturated heterocycles. The van der Waals surface area contributed by atoms with Crippen molar-refractivity contribution < 1.29 is 19.1 Å². The molecule has 0 atom stereocenters. The Morgan fingerprint density at radius 2 is 1.75 bits per heavy atom. The van der Waals surface area contributed by atoms with Crippen LogP contribution in [-0.4, -0.2) is 24.1 Å². The summed E-state index contributed by atoms with van der Waals surface area (Å²) in [5.41, 5.74) is 0.126. The smallest absolute Gasteiger partial charge is 0.338 e. The highest BCUT2D eigenvalue weighted by molar-refractivity contribution is 5.95. The van der Waals surface area contributed by atoms with Crippen LogP contribution in [0.4, 0.5) is 0 Å². The van der Waals surface area contributed by atoms with Gasteiger partial charge in [-0.25, -0.2) is 9.59 Å². The lowest BCUT2D eigenvalue weighted by Crippen LogP contribution is -2.30. The van der Waals surface area contributed by atoms with Crippen LogP contribution in [0.2, 0.25) is 0 Å². The predicted molar refractivity (Wildman–Crippen MR) is 93.8 cm³/mol. The van der Waals surface area contributed by atoms with Gasteiger partial charge < -0.3 is 9.47 Å². The van der Waals surface area contributed by atoms with Crippen molar-refractivity contribution in [3.63, 3.8) is 0 Å². The van der Waals surface area contributed by atoms with Crippen molar-refractivity contribution >= 4 is 22.7 Å². The molecule has 0 spiro atoms. The van der Waals surface area contributed by atoms with Crippen LogP contribution >= 0.6 is 0 Å². The van der Waals surface area contributed by atoms with E-state index in [-0.39, 0.29) is 12.6 Å². The van der Waals surface area contributed by atoms with Gasteiger partial charge in [-0.15, -0.1) is 0 Å². The first kappa shape index (κ1) is 17.7. The van der Waals surface area contributed by atoms with E-state index in [0.29, 0.717) is 17.6 Å². The summed E-state index contributed by atoms with van der Waals surface area (Å²) in [5.74, 6) is -0.830. The molecule has 0 aliphatic rings. The number of esters is 2. The molecule has 0 aromatic heterocycles. The number of ether oxygens (including phenoxy) is 2. The second-order valence-corrected chi connectivity index (χ2v) is 6.38. The summed E-state index contributed by atoms with van der Waals surface area (Å²) in [6.45, 7) is 8.87. The molecule has 126 valence electrons. The van der Waals surface area contributed by atoms with Gasteiger partial charge in [-0.05, 0) is 43.7 Å². The van der Waals surface area contributed by atoms with Crippen molar-refractivity contribution in [2.75, 3.05) is 6.61 Å². The maximum atomic E-state index is 12.2. The molecule has 2 aromatic carbocycles. The zero-order chi connectivity index (χ0) is 17.7. The highest BCUT2D eigenvalue weighted by Gasteiger charge is 2.23. The summed E-state index contributed by atoms with van der Waals surface area (Å²) >= 11 is 0. The lowest BCUT2D eigenvalue weighted by atomic mass is 10.1. The topological polar surface area (TPSA) is 52.6 Å². The average Bonchev–Trinajstić information content (AvgIpc) is 2.53. The van der Waals surface area contributed by atoms with Crippen molar-refractivity contribution in [2.24, 2.45) is 0 Å². The minimum absolute atomic E-state index is 0.169. The van der Waals surface area contributed by atoms with E-state index in [1.807, 2.05) is 36.4 Å². The second-order valence-electron chi connectivity index (χ2n) is 6.38. The number of hydrogen-bond acceptors (Lipinski definition) is 4. The molecule has 4 heteroatoms. The molecule has 2 aromatic rings. The Labute approximate surface area is 142 Å². The fraction of sp³-hybridized carbons (Fsp3) is 0.300. The van der Waals surface area contributed by atoms with Crippen molar-refractivity contribution in [2.45, 2.75) is 32.8 Å². The van der Waals surface area contributed by atoms with Crippen LogP contribution in [0.25, 0.3) is 10.8 Å². The standard InChI is InChI=1S/C20H22O4/c1-14(2)18(21)24-20(3,4)11-12-23-19(22)17-10-9-15-7-5-6-8-16(15)13-17/h5-10,13H,1,11-12H2,2-4H3. The maximum absolute atomic E-state index is 12.2. The molecule has 2 rings (SSSR count). The molecule has 24 heavy (non-hydrogen) atoms. The molecule has 0 saturated carbocycles. The van der Waals surface area contributed by atoms with Gasteiger partial charge in [0, 0.05) is 12.0 Å². The summed E-state index contributed by atoms with van der Waals surface area (Å²) in [6, 6.07) is 13.3. The molecule has 0 aliphatic carbocycles. The van der Waals surface area contributed by atoms with Gasteiger partial charge in [0.15, 0.2) is 0 Å². The monoisotopic (exact) mass is 326 g/mol. The SMILES string of the molecule is C=C(C)C(=O)OC(C)(C)CCOC(=O)c1ccc2ccccc2c1. The minimum atomic E-state index is -0.723. The van der Waals surface area contributed by atoms with E-state index in [0.717, 1.165) is 10.8 Å². The Hall–Kier alpha value is -2.62. The van der Waals surface area contributed by atoms with Crippen molar-refractivity contribution in [1.29, 1.82) is 0 Å². The molecule has 0 N–H and O–H groups in total. The Kier molecular flexibility index (Phi) is 5.39. The molecule has 0 heterocycles. The Bertz CT molecular complexity index is 774. The molecule has 0 unspecified atom stereocenters. The fourth-order valence-corrected chi connectivity index (χ4v) is 2.18. The largest absolute Gasteiger partial charge is 0.462 e. The van der Waals surface area contributed by atoms with Gasteiger partial charge in [0.05, 0.1) is 12.2 Å². The van der Waals surface area contributed by atoms with Gasteiger partial charge in [-0.1, -0.05) is 36.9 Å². The molecular formula is C20H22O4. The molecule has 0 amide bonds. The first-order valence-corrected chi connectivity index (χ1v) is 7.83. The summed E-state index contributed by atoms with van der Waals surface area (Å²) < 4.78 is 10.6. The lowest BCUT2D eigenvalue weighted by Gasteiger charge is -2.25. The van der Waals surface area contributed by atoms with E-state index >= 15 is 0 Å². The second kappa shape index (κ2) is 7.30. The van der Waals surface area contributed by atoms with E-state index in [4.69, 9.17) is 9.47 Å². The van der Waals surface area contributed by atoms with Crippen molar-refractivity contribution in [3.05, 3.63) is 60.2 Å². The Morgan fingerprint density at radius 1 is 1.08 bits per heavy atom. The van der Waals surface area contributed by atoms with Crippen molar-refractivity contribution in [3.8, 4) is 0 Å². The molecule has 0 bridgehead atoms. The summed E-state index contributed by atoms with van der Waals surface area (Å²) in [6.07, 6.45) is 0.408. The predicted octanol–water partition coefficient (Wildman–Crippen LogP) is 4.28. The number of carbonyl (C=O) groups is 2. The number of hydrogen-bond donors (Lipinski definition) is 0. The van der Waals surface area contributed by atoms with Crippen LogP contribution in [-0.2, 0) is 14.3 Å². The van der Waals surface area contributed by atoms with E-state index in [1.165, 1.54) is 0 Å². The molecular weight excluding hydrogens is 304 g/mol. The Balaban J connectivity index is 1.92. The number of benzene rings is 2. The first-order chi connectivity index (χ1) is 11.3. The molecule has 0 fully saturated rings. The van der Waals surface area contributed by atoms with Crippen LogP contribution in [0.5, 0.6) is 0 Å². The third-order valence-electron chi connectivity index (χ3n) is 3.64. The van der Waals surface area contributed by atoms with Crippen LogP contribution in [0, 0.1) is 0 Å². The summed E-state index contributed by atoms with van der Waals surface area (Å²) in [5, 5.41) is 2.06. The highest BCUT2D eigenvalue weighted by Crippen LogP contribution is 2.18. The van der Waals surface area contributed by atoms with Gasteiger partial charge in [-0.3, -0.25) is 0 Å². The van der Waals surface area contributed by atoms with Gasteiger partial charge >= 0.3 is 11.9 Å². The van der Waals surface area contributed by atoms with Gasteiger partial charge in [0.2, 0.25) is 0 Å². The van der Waals surface area contributed by atoms with Gasteiger partial charge in [-0.2, -0.15) is 0 Å². The number of fused-ring (bicyclic) bond motifs is 1. The maximum Gasteiger partial charge on any atom is 0.338 e. The zero-order valence-electron chi connectivity index (χ0n) is 14.3. The quantitative estimate of drug-likeness (QED) is 0.587. The highest BCUT2D eigenvalue weighted by atomic mass is 16.6. The lowest BCUT2D eigenvalue weighted by molar-refractivity contribution is -0.152. The van der Waals surface area contributed by atoms with E-state index in [1.54, 1.807) is 26.8 Å². The third-order valence-corrected chi connectivity index (χ3v) is 3.64. The molecule has 4 nitrogen and oxygen atoms in total. The minimum Gasteiger partial charge on any atom is -0.462 e. The van der Waals surface area contributed by atoms with Crippen LogP contribution in [0.15, 0.2) is 54.6 Å². The average molecular weight is 326 g/mol. The van der Waals surface area contributed by atoms with Crippen molar-refractivity contribution in [1.82, 2.24) is 0 Å². The van der Waals surface area contributed by atoms with Crippen LogP contribution < -0.4 is 0 Å². The fourth-order valence-electron chi connectivity index (χ4n) is 2.18. The Morgan fingerprint density at radius 3 is 2.42 bits per heavy atom. The summed E-state index contributed by atoms with van der Waals surface area (Å²) in [4.78, 5) is 23.7. The van der Waals surface area contributed by atoms with Gasteiger partial charge in [0.25, 0.3) is 0 Å². The molecule has 0 aliphatic heterocycles. The first-order valence-electron chi connectivity index (χ1n) is 7.83. The van der Waals surface area contributed by atoms with Crippen LogP contribution in [0.3, 0.4) is 0 Å². The number of rotatable bonds is 6. The van der Waals surface area contributed by atoms with Crippen LogP contribution in [0.1, 0.15) is 37.6 Å². The normalized spacial score (nSPS) is 11.1.